The van der Waals surface area contributed by atoms with Crippen molar-refractivity contribution in [3.63, 3.8) is 0 Å². The Labute approximate surface area is 149 Å². The minimum absolute atomic E-state index is 0.0110. The highest BCUT2D eigenvalue weighted by molar-refractivity contribution is 9.10. The highest BCUT2D eigenvalue weighted by atomic mass is 79.9. The molecule has 2 aromatic rings. The van der Waals surface area contributed by atoms with E-state index >= 15 is 0 Å². The fourth-order valence-corrected chi connectivity index (χ4v) is 4.01. The molecule has 0 bridgehead atoms. The molecular weight excluding hydrogens is 370 g/mol. The van der Waals surface area contributed by atoms with Gasteiger partial charge in [-0.05, 0) is 40.9 Å². The highest BCUT2D eigenvalue weighted by Crippen LogP contribution is 2.23. The molecule has 0 spiro atoms. The van der Waals surface area contributed by atoms with E-state index in [1.54, 1.807) is 0 Å². The predicted octanol–water partition coefficient (Wildman–Crippen LogP) is 2.05. The first-order valence-corrected chi connectivity index (χ1v) is 9.16. The van der Waals surface area contributed by atoms with Crippen LogP contribution in [0.2, 0.25) is 0 Å². The van der Waals surface area contributed by atoms with Crippen LogP contribution in [0.4, 0.5) is 0 Å². The molecule has 7 heteroatoms. The van der Waals surface area contributed by atoms with Crippen LogP contribution in [-0.4, -0.2) is 49.6 Å². The lowest BCUT2D eigenvalue weighted by Gasteiger charge is -2.32. The van der Waals surface area contributed by atoms with Gasteiger partial charge in [0, 0.05) is 13.1 Å². The molecule has 0 aliphatic carbocycles. The maximum atomic E-state index is 13.0. The average Bonchev–Trinajstić information content (AvgIpc) is 3.19. The summed E-state index contributed by atoms with van der Waals surface area (Å²) in [5, 5.41) is 4.29. The normalized spacial score (nSPS) is 21.0. The zero-order chi connectivity index (χ0) is 16.5. The first-order chi connectivity index (χ1) is 11.7. The van der Waals surface area contributed by atoms with Gasteiger partial charge in [0.25, 0.3) is 0 Å². The zero-order valence-corrected chi connectivity index (χ0v) is 15.0. The molecule has 126 valence electrons. The predicted molar refractivity (Wildman–Crippen MR) is 93.0 cm³/mol. The van der Waals surface area contributed by atoms with Gasteiger partial charge < -0.3 is 4.90 Å². The van der Waals surface area contributed by atoms with Crippen LogP contribution in [0, 0.1) is 0 Å². The van der Waals surface area contributed by atoms with E-state index < -0.39 is 0 Å². The molecule has 1 aromatic carbocycles. The molecule has 1 saturated heterocycles. The summed E-state index contributed by atoms with van der Waals surface area (Å²) in [5.74, 6) is 1.09. The zero-order valence-electron chi connectivity index (χ0n) is 13.4. The number of benzene rings is 1. The third-order valence-corrected chi connectivity index (χ3v) is 5.16. The Morgan fingerprint density at radius 1 is 1.21 bits per heavy atom. The average molecular weight is 390 g/mol. The van der Waals surface area contributed by atoms with Gasteiger partial charge in [-0.1, -0.05) is 30.3 Å². The van der Waals surface area contributed by atoms with Gasteiger partial charge in [0.15, 0.2) is 0 Å². The van der Waals surface area contributed by atoms with Crippen LogP contribution >= 0.6 is 15.9 Å². The number of fused-ring (bicyclic) bond motifs is 1. The van der Waals surface area contributed by atoms with E-state index in [0.29, 0.717) is 24.4 Å². The molecule has 3 heterocycles. The van der Waals surface area contributed by atoms with Crippen molar-refractivity contribution in [3.05, 3.63) is 46.5 Å². The number of rotatable bonds is 3. The number of halogens is 1. The third-order valence-electron chi connectivity index (χ3n) is 4.83. The minimum Gasteiger partial charge on any atom is -0.332 e. The summed E-state index contributed by atoms with van der Waals surface area (Å²) >= 11 is 3.31. The summed E-state index contributed by atoms with van der Waals surface area (Å²) in [4.78, 5) is 21.6. The second kappa shape index (κ2) is 6.64. The quantitative estimate of drug-likeness (QED) is 0.805. The van der Waals surface area contributed by atoms with Gasteiger partial charge in [0.05, 0.1) is 19.1 Å². The van der Waals surface area contributed by atoms with Crippen molar-refractivity contribution in [2.45, 2.75) is 38.5 Å². The summed E-state index contributed by atoms with van der Waals surface area (Å²) in [6.45, 7) is 3.79. The summed E-state index contributed by atoms with van der Waals surface area (Å²) in [6.07, 6.45) is 2.03. The smallest absolute Gasteiger partial charge is 0.240 e. The molecule has 1 unspecified atom stereocenters. The van der Waals surface area contributed by atoms with Gasteiger partial charge in [-0.15, -0.1) is 5.10 Å². The van der Waals surface area contributed by atoms with E-state index in [9.17, 15) is 4.79 Å². The van der Waals surface area contributed by atoms with E-state index in [2.05, 4.69) is 55.2 Å². The third kappa shape index (κ3) is 3.10. The van der Waals surface area contributed by atoms with Gasteiger partial charge in [-0.3, -0.25) is 9.69 Å². The van der Waals surface area contributed by atoms with Crippen molar-refractivity contribution >= 4 is 21.8 Å². The molecule has 1 fully saturated rings. The topological polar surface area (TPSA) is 54.3 Å². The van der Waals surface area contributed by atoms with Crippen LogP contribution in [-0.2, 0) is 24.4 Å². The second-order valence-corrected chi connectivity index (χ2v) is 7.10. The summed E-state index contributed by atoms with van der Waals surface area (Å²) in [6, 6.07) is 10.4. The summed E-state index contributed by atoms with van der Waals surface area (Å²) < 4.78 is 2.47. The maximum Gasteiger partial charge on any atom is 0.240 e. The van der Waals surface area contributed by atoms with Crippen LogP contribution in [0.1, 0.15) is 24.2 Å². The number of nitrogens with zero attached hydrogens (tertiary/aromatic N) is 5. The van der Waals surface area contributed by atoms with Crippen LogP contribution < -0.4 is 0 Å². The minimum atomic E-state index is -0.0110. The first-order valence-electron chi connectivity index (χ1n) is 8.37. The van der Waals surface area contributed by atoms with E-state index in [1.165, 1.54) is 5.56 Å². The van der Waals surface area contributed by atoms with Gasteiger partial charge >= 0.3 is 0 Å². The molecule has 1 atom stereocenters. The Balaban J connectivity index is 1.45. The van der Waals surface area contributed by atoms with E-state index in [-0.39, 0.29) is 11.9 Å². The highest BCUT2D eigenvalue weighted by Gasteiger charge is 2.35. The molecule has 1 aromatic heterocycles. The van der Waals surface area contributed by atoms with Crippen molar-refractivity contribution in [2.24, 2.45) is 0 Å². The fraction of sp³-hybridized carbons (Fsp3) is 0.471. The summed E-state index contributed by atoms with van der Waals surface area (Å²) in [5.41, 5.74) is 1.26. The Morgan fingerprint density at radius 2 is 2.04 bits per heavy atom. The number of likely N-dealkylation sites (tertiary alicyclic amines) is 1. The Bertz CT molecular complexity index is 732. The van der Waals surface area contributed by atoms with Gasteiger partial charge in [0.2, 0.25) is 10.6 Å². The SMILES string of the molecule is O=C(C1CCCN1Cc1ccccc1)N1CCn2nc(Br)nc2C1. The fourth-order valence-electron chi connectivity index (χ4n) is 3.62. The molecule has 2 aliphatic rings. The number of carbonyl (C=O) groups is 1. The number of hydrogen-bond acceptors (Lipinski definition) is 4. The first kappa shape index (κ1) is 15.8. The lowest BCUT2D eigenvalue weighted by Crippen LogP contribution is -2.48. The lowest BCUT2D eigenvalue weighted by atomic mass is 10.1. The summed E-state index contributed by atoms with van der Waals surface area (Å²) in [7, 11) is 0. The molecule has 0 radical (unpaired) electrons. The molecule has 0 N–H and O–H groups in total. The van der Waals surface area contributed by atoms with Crippen LogP contribution in [0.15, 0.2) is 35.1 Å². The van der Waals surface area contributed by atoms with Crippen molar-refractivity contribution in [1.29, 1.82) is 0 Å². The molecule has 24 heavy (non-hydrogen) atoms. The Morgan fingerprint density at radius 3 is 2.88 bits per heavy atom. The lowest BCUT2D eigenvalue weighted by molar-refractivity contribution is -0.137. The number of aromatic nitrogens is 3. The Hall–Kier alpha value is -1.73. The number of hydrogen-bond donors (Lipinski definition) is 0. The number of carbonyl (C=O) groups excluding carboxylic acids is 1. The molecule has 0 saturated carbocycles. The second-order valence-electron chi connectivity index (χ2n) is 6.39. The monoisotopic (exact) mass is 389 g/mol. The van der Waals surface area contributed by atoms with E-state index in [4.69, 9.17) is 0 Å². The van der Waals surface area contributed by atoms with E-state index in [1.807, 2.05) is 15.6 Å². The van der Waals surface area contributed by atoms with E-state index in [0.717, 1.165) is 31.8 Å². The number of amides is 1. The van der Waals surface area contributed by atoms with Crippen molar-refractivity contribution in [1.82, 2.24) is 24.6 Å². The Kier molecular flexibility index (Phi) is 4.37. The van der Waals surface area contributed by atoms with Crippen molar-refractivity contribution in [2.75, 3.05) is 13.1 Å². The van der Waals surface area contributed by atoms with Crippen LogP contribution in [0.5, 0.6) is 0 Å². The maximum absolute atomic E-state index is 13.0. The largest absolute Gasteiger partial charge is 0.332 e. The molecular formula is C17H20BrN5O. The molecule has 4 rings (SSSR count). The van der Waals surface area contributed by atoms with Crippen LogP contribution in [0.3, 0.4) is 0 Å². The van der Waals surface area contributed by atoms with Gasteiger partial charge in [-0.25, -0.2) is 9.67 Å². The van der Waals surface area contributed by atoms with Crippen LogP contribution in [0.25, 0.3) is 0 Å². The van der Waals surface area contributed by atoms with Crippen molar-refractivity contribution in [3.8, 4) is 0 Å². The van der Waals surface area contributed by atoms with Gasteiger partial charge in [0.1, 0.15) is 5.82 Å². The molecule has 2 aliphatic heterocycles. The van der Waals surface area contributed by atoms with Gasteiger partial charge in [-0.2, -0.15) is 0 Å². The molecule has 6 nitrogen and oxygen atoms in total. The van der Waals surface area contributed by atoms with Crippen molar-refractivity contribution < 1.29 is 4.79 Å². The molecule has 1 amide bonds. The standard InChI is InChI=1S/C17H20BrN5O/c18-17-19-15-12-22(9-10-23(15)20-17)16(24)14-7-4-8-21(14)11-13-5-2-1-3-6-13/h1-3,5-6,14H,4,7-12H2.